The van der Waals surface area contributed by atoms with Crippen LogP contribution in [-0.4, -0.2) is 36.6 Å². The summed E-state index contributed by atoms with van der Waals surface area (Å²) in [6, 6.07) is 8.02. The standard InChI is InChI=1S/C16H23BrN2/c1-12-6-7-14(17)9-16(12)19-11-15-5-3-4-8-18(15)10-13(19)2/h6-7,9,13,15H,3-5,8,10-11H2,1-2H3. The van der Waals surface area contributed by atoms with Gasteiger partial charge in [0, 0.05) is 35.3 Å². The quantitative estimate of drug-likeness (QED) is 0.775. The Morgan fingerprint density at radius 1 is 1.21 bits per heavy atom. The van der Waals surface area contributed by atoms with E-state index in [9.17, 15) is 0 Å². The highest BCUT2D eigenvalue weighted by Gasteiger charge is 2.33. The zero-order valence-electron chi connectivity index (χ0n) is 11.9. The second-order valence-electron chi connectivity index (χ2n) is 6.08. The number of anilines is 1. The number of hydrogen-bond donors (Lipinski definition) is 0. The Bertz CT molecular complexity index is 460. The van der Waals surface area contributed by atoms with Crippen molar-refractivity contribution in [1.82, 2.24) is 4.90 Å². The van der Waals surface area contributed by atoms with E-state index in [4.69, 9.17) is 0 Å². The average molecular weight is 323 g/mol. The molecule has 2 fully saturated rings. The molecule has 2 unspecified atom stereocenters. The minimum atomic E-state index is 0.613. The number of rotatable bonds is 1. The molecule has 0 aliphatic carbocycles. The second kappa shape index (κ2) is 5.45. The Morgan fingerprint density at radius 3 is 2.89 bits per heavy atom. The summed E-state index contributed by atoms with van der Waals surface area (Å²) >= 11 is 3.61. The van der Waals surface area contributed by atoms with Crippen LogP contribution in [0.15, 0.2) is 22.7 Å². The van der Waals surface area contributed by atoms with Crippen LogP contribution < -0.4 is 4.90 Å². The van der Waals surface area contributed by atoms with E-state index in [1.807, 2.05) is 0 Å². The molecular weight excluding hydrogens is 300 g/mol. The number of hydrogen-bond acceptors (Lipinski definition) is 2. The van der Waals surface area contributed by atoms with Crippen LogP contribution in [0.2, 0.25) is 0 Å². The van der Waals surface area contributed by atoms with Crippen LogP contribution in [-0.2, 0) is 0 Å². The Hall–Kier alpha value is -0.540. The lowest BCUT2D eigenvalue weighted by molar-refractivity contribution is 0.115. The SMILES string of the molecule is Cc1ccc(Br)cc1N1CC2CCCCN2CC1C. The third-order valence-corrected chi connectivity index (χ3v) is 5.16. The van der Waals surface area contributed by atoms with Gasteiger partial charge in [0.25, 0.3) is 0 Å². The molecule has 2 aliphatic heterocycles. The Morgan fingerprint density at radius 2 is 2.05 bits per heavy atom. The number of aryl methyl sites for hydroxylation is 1. The fourth-order valence-corrected chi connectivity index (χ4v) is 3.93. The van der Waals surface area contributed by atoms with Crippen LogP contribution in [0.1, 0.15) is 31.7 Å². The summed E-state index contributed by atoms with van der Waals surface area (Å²) in [4.78, 5) is 5.32. The summed E-state index contributed by atoms with van der Waals surface area (Å²) in [6.07, 6.45) is 4.16. The zero-order valence-corrected chi connectivity index (χ0v) is 13.5. The molecule has 1 aromatic rings. The van der Waals surface area contributed by atoms with E-state index in [2.05, 4.69) is 57.8 Å². The second-order valence-corrected chi connectivity index (χ2v) is 6.99. The van der Waals surface area contributed by atoms with Gasteiger partial charge < -0.3 is 4.90 Å². The average Bonchev–Trinajstić information content (AvgIpc) is 2.41. The minimum Gasteiger partial charge on any atom is -0.366 e. The summed E-state index contributed by atoms with van der Waals surface area (Å²) in [5.74, 6) is 0. The van der Waals surface area contributed by atoms with Gasteiger partial charge in [-0.15, -0.1) is 0 Å². The maximum absolute atomic E-state index is 3.61. The molecule has 2 nitrogen and oxygen atoms in total. The highest BCUT2D eigenvalue weighted by atomic mass is 79.9. The van der Waals surface area contributed by atoms with E-state index in [0.717, 1.165) is 6.04 Å². The first-order chi connectivity index (χ1) is 9.15. The zero-order chi connectivity index (χ0) is 13.4. The maximum atomic E-state index is 3.61. The van der Waals surface area contributed by atoms with Gasteiger partial charge in [-0.05, 0) is 50.9 Å². The van der Waals surface area contributed by atoms with Gasteiger partial charge in [0.2, 0.25) is 0 Å². The van der Waals surface area contributed by atoms with E-state index in [1.165, 1.54) is 54.6 Å². The van der Waals surface area contributed by atoms with Crippen molar-refractivity contribution in [2.24, 2.45) is 0 Å². The van der Waals surface area contributed by atoms with Crippen molar-refractivity contribution in [3.8, 4) is 0 Å². The summed E-state index contributed by atoms with van der Waals surface area (Å²) < 4.78 is 1.19. The lowest BCUT2D eigenvalue weighted by Gasteiger charge is -2.48. The third-order valence-electron chi connectivity index (χ3n) is 4.67. The van der Waals surface area contributed by atoms with Gasteiger partial charge in [0.05, 0.1) is 0 Å². The van der Waals surface area contributed by atoms with Crippen molar-refractivity contribution < 1.29 is 0 Å². The fraction of sp³-hybridized carbons (Fsp3) is 0.625. The molecule has 2 heterocycles. The molecular formula is C16H23BrN2. The van der Waals surface area contributed by atoms with E-state index in [1.54, 1.807) is 0 Å². The van der Waals surface area contributed by atoms with Gasteiger partial charge in [0.15, 0.2) is 0 Å². The highest BCUT2D eigenvalue weighted by Crippen LogP contribution is 2.31. The van der Waals surface area contributed by atoms with Gasteiger partial charge in [-0.3, -0.25) is 4.90 Å². The van der Waals surface area contributed by atoms with Gasteiger partial charge in [-0.1, -0.05) is 28.4 Å². The number of piperazine rings is 1. The first-order valence-corrected chi connectivity index (χ1v) is 8.21. The number of halogens is 1. The van der Waals surface area contributed by atoms with Crippen molar-refractivity contribution in [2.45, 2.75) is 45.2 Å². The van der Waals surface area contributed by atoms with Crippen molar-refractivity contribution in [2.75, 3.05) is 24.5 Å². The van der Waals surface area contributed by atoms with Crippen LogP contribution in [0.25, 0.3) is 0 Å². The first kappa shape index (κ1) is 13.4. The molecule has 2 aliphatic rings. The molecule has 0 bridgehead atoms. The number of nitrogens with zero attached hydrogens (tertiary/aromatic N) is 2. The summed E-state index contributed by atoms with van der Waals surface area (Å²) in [5.41, 5.74) is 2.80. The lowest BCUT2D eigenvalue weighted by atomic mass is 9.96. The van der Waals surface area contributed by atoms with Crippen LogP contribution in [0.4, 0.5) is 5.69 Å². The van der Waals surface area contributed by atoms with E-state index in [-0.39, 0.29) is 0 Å². The number of piperidine rings is 1. The normalized spacial score (nSPS) is 28.3. The third kappa shape index (κ3) is 2.68. The molecule has 3 rings (SSSR count). The predicted molar refractivity (Wildman–Crippen MR) is 84.9 cm³/mol. The number of fused-ring (bicyclic) bond motifs is 1. The van der Waals surface area contributed by atoms with Gasteiger partial charge in [-0.2, -0.15) is 0 Å². The van der Waals surface area contributed by atoms with Crippen LogP contribution in [0.5, 0.6) is 0 Å². The van der Waals surface area contributed by atoms with Crippen molar-refractivity contribution >= 4 is 21.6 Å². The Labute approximate surface area is 124 Å². The van der Waals surface area contributed by atoms with E-state index >= 15 is 0 Å². The molecule has 0 radical (unpaired) electrons. The lowest BCUT2D eigenvalue weighted by Crippen LogP contribution is -2.59. The molecule has 0 saturated carbocycles. The number of benzene rings is 1. The molecule has 0 aromatic heterocycles. The molecule has 19 heavy (non-hydrogen) atoms. The van der Waals surface area contributed by atoms with Crippen LogP contribution in [0, 0.1) is 6.92 Å². The van der Waals surface area contributed by atoms with Gasteiger partial charge in [0.1, 0.15) is 0 Å². The van der Waals surface area contributed by atoms with Crippen LogP contribution in [0.3, 0.4) is 0 Å². The summed E-state index contributed by atoms with van der Waals surface area (Å²) in [7, 11) is 0. The summed E-state index contributed by atoms with van der Waals surface area (Å²) in [6.45, 7) is 8.31. The monoisotopic (exact) mass is 322 g/mol. The van der Waals surface area contributed by atoms with E-state index in [0.29, 0.717) is 6.04 Å². The predicted octanol–water partition coefficient (Wildman–Crippen LogP) is 3.82. The molecule has 1 aromatic carbocycles. The fourth-order valence-electron chi connectivity index (χ4n) is 3.58. The molecule has 3 heteroatoms. The maximum Gasteiger partial charge on any atom is 0.0410 e. The molecule has 0 spiro atoms. The smallest absolute Gasteiger partial charge is 0.0410 e. The largest absolute Gasteiger partial charge is 0.366 e. The van der Waals surface area contributed by atoms with Gasteiger partial charge >= 0.3 is 0 Å². The van der Waals surface area contributed by atoms with Gasteiger partial charge in [-0.25, -0.2) is 0 Å². The van der Waals surface area contributed by atoms with Crippen molar-refractivity contribution in [3.05, 3.63) is 28.2 Å². The summed E-state index contributed by atoms with van der Waals surface area (Å²) in [5, 5.41) is 0. The topological polar surface area (TPSA) is 6.48 Å². The Balaban J connectivity index is 1.85. The molecule has 2 atom stereocenters. The van der Waals surface area contributed by atoms with Crippen LogP contribution >= 0.6 is 15.9 Å². The molecule has 0 N–H and O–H groups in total. The van der Waals surface area contributed by atoms with Crippen molar-refractivity contribution in [3.63, 3.8) is 0 Å². The van der Waals surface area contributed by atoms with Crippen molar-refractivity contribution in [1.29, 1.82) is 0 Å². The molecule has 0 amide bonds. The Kier molecular flexibility index (Phi) is 3.86. The first-order valence-electron chi connectivity index (χ1n) is 7.42. The van der Waals surface area contributed by atoms with E-state index < -0.39 is 0 Å². The highest BCUT2D eigenvalue weighted by molar-refractivity contribution is 9.10. The molecule has 2 saturated heterocycles. The minimum absolute atomic E-state index is 0.613. The molecule has 104 valence electrons.